The molecule has 0 fully saturated rings. The van der Waals surface area contributed by atoms with E-state index in [1.165, 1.54) is 10.5 Å². The monoisotopic (exact) mass is 297 g/mol. The van der Waals surface area contributed by atoms with E-state index in [2.05, 4.69) is 44.6 Å². The molecular formula is C15H15N5S. The van der Waals surface area contributed by atoms with E-state index in [0.717, 1.165) is 29.0 Å². The van der Waals surface area contributed by atoms with Crippen molar-refractivity contribution in [1.29, 1.82) is 0 Å². The summed E-state index contributed by atoms with van der Waals surface area (Å²) in [6.45, 7) is 0. The topological polar surface area (TPSA) is 55.6 Å². The molecule has 3 heterocycles. The molecule has 4 rings (SSSR count). The van der Waals surface area contributed by atoms with Gasteiger partial charge in [-0.15, -0.1) is 11.8 Å². The van der Waals surface area contributed by atoms with Gasteiger partial charge < -0.3 is 5.32 Å². The Bertz CT molecular complexity index is 798. The number of nitrogens with zero attached hydrogens (tertiary/aromatic N) is 4. The molecule has 5 nitrogen and oxygen atoms in total. The molecule has 0 spiro atoms. The van der Waals surface area contributed by atoms with Crippen molar-refractivity contribution < 1.29 is 0 Å². The molecule has 2 aromatic heterocycles. The number of aryl methyl sites for hydroxylation is 1. The van der Waals surface area contributed by atoms with E-state index in [0.29, 0.717) is 6.04 Å². The number of aromatic nitrogens is 4. The molecular weight excluding hydrogens is 282 g/mol. The van der Waals surface area contributed by atoms with Crippen LogP contribution in [0.3, 0.4) is 0 Å². The molecule has 6 heteroatoms. The highest BCUT2D eigenvalue weighted by Crippen LogP contribution is 2.38. The molecule has 21 heavy (non-hydrogen) atoms. The van der Waals surface area contributed by atoms with Gasteiger partial charge in [-0.3, -0.25) is 4.68 Å². The highest BCUT2D eigenvalue weighted by molar-refractivity contribution is 7.99. The standard InChI is InChI=1S/C15H15N5S/c1-20-15-11(8-18-20)14(16-9-17-15)19-12-6-7-21-13-5-3-2-4-10(12)13/h2-5,8-9,12H,6-7H2,1H3,(H,16,17,19)/t12-/m1/s1. The second-order valence-electron chi connectivity index (χ2n) is 5.10. The molecule has 0 amide bonds. The first-order valence-electron chi connectivity index (χ1n) is 6.94. The van der Waals surface area contributed by atoms with Crippen molar-refractivity contribution in [3.8, 4) is 0 Å². The van der Waals surface area contributed by atoms with Gasteiger partial charge >= 0.3 is 0 Å². The van der Waals surface area contributed by atoms with Crippen LogP contribution < -0.4 is 5.32 Å². The lowest BCUT2D eigenvalue weighted by Crippen LogP contribution is -2.16. The van der Waals surface area contributed by atoms with Crippen molar-refractivity contribution in [2.75, 3.05) is 11.1 Å². The number of hydrogen-bond acceptors (Lipinski definition) is 5. The summed E-state index contributed by atoms with van der Waals surface area (Å²) >= 11 is 1.92. The minimum absolute atomic E-state index is 0.292. The highest BCUT2D eigenvalue weighted by atomic mass is 32.2. The van der Waals surface area contributed by atoms with Crippen molar-refractivity contribution in [1.82, 2.24) is 19.7 Å². The molecule has 0 saturated carbocycles. The van der Waals surface area contributed by atoms with Crippen LogP contribution in [0.2, 0.25) is 0 Å². The van der Waals surface area contributed by atoms with Crippen molar-refractivity contribution in [2.24, 2.45) is 7.05 Å². The summed E-state index contributed by atoms with van der Waals surface area (Å²) in [4.78, 5) is 10.0. The zero-order valence-corrected chi connectivity index (χ0v) is 12.5. The predicted molar refractivity (Wildman–Crippen MR) is 84.5 cm³/mol. The zero-order valence-electron chi connectivity index (χ0n) is 11.7. The van der Waals surface area contributed by atoms with E-state index in [1.807, 2.05) is 25.0 Å². The van der Waals surface area contributed by atoms with E-state index < -0.39 is 0 Å². The Morgan fingerprint density at radius 1 is 1.29 bits per heavy atom. The SMILES string of the molecule is Cn1ncc2c(N[C@@H]3CCSc4ccccc43)ncnc21. The first-order chi connectivity index (χ1) is 10.3. The number of hydrogen-bond donors (Lipinski definition) is 1. The molecule has 3 aromatic rings. The highest BCUT2D eigenvalue weighted by Gasteiger charge is 2.21. The second kappa shape index (κ2) is 5.04. The lowest BCUT2D eigenvalue weighted by molar-refractivity contribution is 0.725. The van der Waals surface area contributed by atoms with Gasteiger partial charge in [0.05, 0.1) is 17.6 Å². The van der Waals surface area contributed by atoms with Gasteiger partial charge in [0.2, 0.25) is 0 Å². The molecule has 106 valence electrons. The van der Waals surface area contributed by atoms with Gasteiger partial charge in [-0.1, -0.05) is 18.2 Å². The fourth-order valence-corrected chi connectivity index (χ4v) is 3.86. The number of nitrogens with one attached hydrogen (secondary N) is 1. The van der Waals surface area contributed by atoms with Crippen molar-refractivity contribution >= 4 is 28.6 Å². The van der Waals surface area contributed by atoms with Gasteiger partial charge in [0, 0.05) is 17.7 Å². The minimum Gasteiger partial charge on any atom is -0.362 e. The first-order valence-corrected chi connectivity index (χ1v) is 7.92. The Morgan fingerprint density at radius 2 is 2.19 bits per heavy atom. The number of thioether (sulfide) groups is 1. The summed E-state index contributed by atoms with van der Waals surface area (Å²) in [5, 5.41) is 8.81. The van der Waals surface area contributed by atoms with Gasteiger partial charge in [-0.25, -0.2) is 9.97 Å². The number of benzene rings is 1. The molecule has 0 radical (unpaired) electrons. The first kappa shape index (κ1) is 12.6. The summed E-state index contributed by atoms with van der Waals surface area (Å²) in [5.41, 5.74) is 2.20. The van der Waals surface area contributed by atoms with E-state index in [-0.39, 0.29) is 0 Å². The fourth-order valence-electron chi connectivity index (χ4n) is 2.73. The van der Waals surface area contributed by atoms with Crippen LogP contribution >= 0.6 is 11.8 Å². The summed E-state index contributed by atoms with van der Waals surface area (Å²) in [7, 11) is 1.89. The Hall–Kier alpha value is -2.08. The molecule has 1 N–H and O–H groups in total. The van der Waals surface area contributed by atoms with Crippen molar-refractivity contribution in [2.45, 2.75) is 17.4 Å². The lowest BCUT2D eigenvalue weighted by Gasteiger charge is -2.26. The van der Waals surface area contributed by atoms with Crippen LogP contribution in [0, 0.1) is 0 Å². The Kier molecular flexibility index (Phi) is 3.03. The molecule has 1 atom stereocenters. The third-order valence-electron chi connectivity index (χ3n) is 3.80. The van der Waals surface area contributed by atoms with E-state index >= 15 is 0 Å². The van der Waals surface area contributed by atoms with Gasteiger partial charge in [0.15, 0.2) is 5.65 Å². The van der Waals surface area contributed by atoms with Gasteiger partial charge in [0.1, 0.15) is 12.1 Å². The largest absolute Gasteiger partial charge is 0.362 e. The maximum atomic E-state index is 4.40. The van der Waals surface area contributed by atoms with Crippen LogP contribution in [0.15, 0.2) is 41.7 Å². The van der Waals surface area contributed by atoms with E-state index in [9.17, 15) is 0 Å². The second-order valence-corrected chi connectivity index (χ2v) is 6.24. The Labute approximate surface area is 126 Å². The predicted octanol–water partition coefficient (Wildman–Crippen LogP) is 3.01. The van der Waals surface area contributed by atoms with Crippen LogP contribution in [-0.4, -0.2) is 25.5 Å². The van der Waals surface area contributed by atoms with Crippen LogP contribution in [-0.2, 0) is 7.05 Å². The van der Waals surface area contributed by atoms with Crippen LogP contribution in [0.5, 0.6) is 0 Å². The molecule has 1 aliphatic rings. The molecule has 0 unspecified atom stereocenters. The Morgan fingerprint density at radius 3 is 3.14 bits per heavy atom. The van der Waals surface area contributed by atoms with Crippen LogP contribution in [0.1, 0.15) is 18.0 Å². The number of fused-ring (bicyclic) bond motifs is 2. The van der Waals surface area contributed by atoms with E-state index in [1.54, 1.807) is 11.0 Å². The fraction of sp³-hybridized carbons (Fsp3) is 0.267. The molecule has 0 aliphatic carbocycles. The average molecular weight is 297 g/mol. The number of anilines is 1. The summed E-state index contributed by atoms with van der Waals surface area (Å²) < 4.78 is 1.77. The Balaban J connectivity index is 1.73. The smallest absolute Gasteiger partial charge is 0.163 e. The minimum atomic E-state index is 0.292. The maximum Gasteiger partial charge on any atom is 0.163 e. The third-order valence-corrected chi connectivity index (χ3v) is 4.92. The third kappa shape index (κ3) is 2.15. The molecule has 0 bridgehead atoms. The quantitative estimate of drug-likeness (QED) is 0.788. The van der Waals surface area contributed by atoms with Gasteiger partial charge in [0.25, 0.3) is 0 Å². The van der Waals surface area contributed by atoms with Gasteiger partial charge in [-0.05, 0) is 18.1 Å². The summed E-state index contributed by atoms with van der Waals surface area (Å²) in [6.07, 6.45) is 4.50. The molecule has 0 saturated heterocycles. The van der Waals surface area contributed by atoms with Gasteiger partial charge in [-0.2, -0.15) is 5.10 Å². The molecule has 1 aliphatic heterocycles. The lowest BCUT2D eigenvalue weighted by atomic mass is 10.0. The zero-order chi connectivity index (χ0) is 14.2. The average Bonchev–Trinajstić information content (AvgIpc) is 2.90. The normalized spacial score (nSPS) is 17.7. The number of rotatable bonds is 2. The van der Waals surface area contributed by atoms with Crippen molar-refractivity contribution in [3.63, 3.8) is 0 Å². The van der Waals surface area contributed by atoms with Crippen molar-refractivity contribution in [3.05, 3.63) is 42.4 Å². The van der Waals surface area contributed by atoms with E-state index in [4.69, 9.17) is 0 Å². The molecule has 1 aromatic carbocycles. The summed E-state index contributed by atoms with van der Waals surface area (Å²) in [6, 6.07) is 8.87. The van der Waals surface area contributed by atoms with Crippen LogP contribution in [0.25, 0.3) is 11.0 Å². The van der Waals surface area contributed by atoms with Crippen LogP contribution in [0.4, 0.5) is 5.82 Å². The maximum absolute atomic E-state index is 4.40. The summed E-state index contributed by atoms with van der Waals surface area (Å²) in [5.74, 6) is 1.98.